The summed E-state index contributed by atoms with van der Waals surface area (Å²) in [5.41, 5.74) is 2.87. The molecule has 1 amide bonds. The largest absolute Gasteiger partial charge is 0.486 e. The van der Waals surface area contributed by atoms with Crippen LogP contribution in [0.15, 0.2) is 73.1 Å². The van der Waals surface area contributed by atoms with Gasteiger partial charge in [-0.05, 0) is 23.8 Å². The lowest BCUT2D eigenvalue weighted by molar-refractivity contribution is -0.705. The summed E-state index contributed by atoms with van der Waals surface area (Å²) in [6, 6.07) is 19.2. The molecule has 1 N–H and O–H groups in total. The number of hydrogen-bond donors (Lipinski definition) is 1. The zero-order valence-electron chi connectivity index (χ0n) is 15.1. The van der Waals surface area contributed by atoms with Crippen molar-refractivity contribution in [3.8, 4) is 22.6 Å². The number of carbonyl (C=O) groups is 1. The summed E-state index contributed by atoms with van der Waals surface area (Å²) in [4.78, 5) is 12.7. The number of aromatic nitrogens is 1. The van der Waals surface area contributed by atoms with Gasteiger partial charge in [0.2, 0.25) is 6.04 Å². The average Bonchev–Trinajstić information content (AvgIpc) is 2.74. The van der Waals surface area contributed by atoms with Crippen LogP contribution in [-0.4, -0.2) is 19.1 Å². The lowest BCUT2D eigenvalue weighted by Crippen LogP contribution is -2.44. The van der Waals surface area contributed by atoms with Crippen LogP contribution >= 0.6 is 0 Å². The van der Waals surface area contributed by atoms with Gasteiger partial charge in [-0.1, -0.05) is 30.3 Å². The molecule has 0 fully saturated rings. The monoisotopic (exact) mass is 361 g/mol. The Hall–Kier alpha value is -3.34. The van der Waals surface area contributed by atoms with Crippen molar-refractivity contribution >= 4 is 11.6 Å². The number of ether oxygens (including phenoxy) is 2. The Kier molecular flexibility index (Phi) is 4.75. The molecule has 0 radical (unpaired) electrons. The molecular formula is C22H21N2O3+. The van der Waals surface area contributed by atoms with Gasteiger partial charge >= 0.3 is 0 Å². The van der Waals surface area contributed by atoms with E-state index in [1.165, 1.54) is 0 Å². The van der Waals surface area contributed by atoms with Crippen molar-refractivity contribution in [3.05, 3.63) is 73.1 Å². The number of fused-ring (bicyclic) bond motifs is 1. The highest BCUT2D eigenvalue weighted by atomic mass is 16.6. The summed E-state index contributed by atoms with van der Waals surface area (Å²) in [5, 5.41) is 2.95. The third-order valence-corrected chi connectivity index (χ3v) is 4.57. The van der Waals surface area contributed by atoms with Crippen LogP contribution in [0.4, 0.5) is 5.69 Å². The first-order valence-corrected chi connectivity index (χ1v) is 8.97. The summed E-state index contributed by atoms with van der Waals surface area (Å²) in [5.74, 6) is 1.27. The smallest absolute Gasteiger partial charge is 0.293 e. The van der Waals surface area contributed by atoms with Crippen molar-refractivity contribution in [2.75, 3.05) is 18.5 Å². The molecule has 5 heteroatoms. The van der Waals surface area contributed by atoms with Crippen molar-refractivity contribution in [2.24, 2.45) is 0 Å². The van der Waals surface area contributed by atoms with Crippen LogP contribution in [0.3, 0.4) is 0 Å². The topological polar surface area (TPSA) is 51.4 Å². The van der Waals surface area contributed by atoms with Gasteiger partial charge in [-0.25, -0.2) is 0 Å². The molecule has 2 aromatic carbocycles. The number of hydrogen-bond acceptors (Lipinski definition) is 3. The molecule has 0 spiro atoms. The predicted octanol–water partition coefficient (Wildman–Crippen LogP) is 3.61. The Morgan fingerprint density at radius 3 is 2.52 bits per heavy atom. The van der Waals surface area contributed by atoms with Crippen molar-refractivity contribution in [1.82, 2.24) is 0 Å². The molecular weight excluding hydrogens is 340 g/mol. The fraction of sp³-hybridized carbons (Fsp3) is 0.182. The fourth-order valence-corrected chi connectivity index (χ4v) is 3.04. The van der Waals surface area contributed by atoms with Gasteiger partial charge in [0.25, 0.3) is 5.91 Å². The fourth-order valence-electron chi connectivity index (χ4n) is 3.04. The maximum Gasteiger partial charge on any atom is 0.293 e. The van der Waals surface area contributed by atoms with Crippen molar-refractivity contribution < 1.29 is 18.8 Å². The van der Waals surface area contributed by atoms with Gasteiger partial charge in [0.15, 0.2) is 23.9 Å². The number of nitrogens with zero attached hydrogens (tertiary/aromatic N) is 1. The van der Waals surface area contributed by atoms with Crippen LogP contribution in [0.1, 0.15) is 13.0 Å². The number of carbonyl (C=O) groups excluding carboxylic acids is 1. The number of nitrogens with one attached hydrogen (secondary N) is 1. The number of pyridine rings is 1. The Balaban J connectivity index is 1.51. The Morgan fingerprint density at radius 1 is 0.963 bits per heavy atom. The van der Waals surface area contributed by atoms with Gasteiger partial charge in [-0.3, -0.25) is 4.79 Å². The van der Waals surface area contributed by atoms with Crippen LogP contribution in [0.2, 0.25) is 0 Å². The first kappa shape index (κ1) is 17.1. The normalized spacial score (nSPS) is 13.7. The second-order valence-corrected chi connectivity index (χ2v) is 6.43. The summed E-state index contributed by atoms with van der Waals surface area (Å²) in [6.07, 6.45) is 3.89. The maximum absolute atomic E-state index is 12.7. The summed E-state index contributed by atoms with van der Waals surface area (Å²) in [7, 11) is 0. The third kappa shape index (κ3) is 3.77. The van der Waals surface area contributed by atoms with Crippen LogP contribution in [0.25, 0.3) is 11.1 Å². The molecule has 0 saturated carbocycles. The van der Waals surface area contributed by atoms with Gasteiger partial charge in [0.05, 0.1) is 0 Å². The van der Waals surface area contributed by atoms with E-state index in [1.54, 1.807) is 6.07 Å². The summed E-state index contributed by atoms with van der Waals surface area (Å²) < 4.78 is 13.0. The SMILES string of the molecule is C[C@H](C(=O)Nc1ccc2c(c1)OCCO2)[n+]1cccc(-c2ccccc2)c1. The van der Waals surface area contributed by atoms with E-state index in [4.69, 9.17) is 9.47 Å². The lowest BCUT2D eigenvalue weighted by Gasteiger charge is -2.19. The average molecular weight is 361 g/mol. The Labute approximate surface area is 158 Å². The van der Waals surface area contributed by atoms with Crippen LogP contribution in [0.5, 0.6) is 11.5 Å². The molecule has 1 aliphatic heterocycles. The number of amides is 1. The minimum absolute atomic E-state index is 0.0955. The minimum Gasteiger partial charge on any atom is -0.486 e. The van der Waals surface area contributed by atoms with Crippen molar-refractivity contribution in [2.45, 2.75) is 13.0 Å². The van der Waals surface area contributed by atoms with Crippen LogP contribution < -0.4 is 19.4 Å². The zero-order chi connectivity index (χ0) is 18.6. The van der Waals surface area contributed by atoms with E-state index in [1.807, 2.05) is 66.3 Å². The number of anilines is 1. The molecule has 0 bridgehead atoms. The quantitative estimate of drug-likeness (QED) is 0.722. The minimum atomic E-state index is -0.359. The first-order valence-electron chi connectivity index (χ1n) is 8.97. The molecule has 2 heterocycles. The molecule has 4 rings (SSSR count). The summed E-state index contributed by atoms with van der Waals surface area (Å²) >= 11 is 0. The molecule has 1 atom stereocenters. The number of rotatable bonds is 4. The highest BCUT2D eigenvalue weighted by Gasteiger charge is 2.23. The Bertz CT molecular complexity index is 957. The van der Waals surface area contributed by atoms with Crippen LogP contribution in [0, 0.1) is 0 Å². The van der Waals surface area contributed by atoms with Gasteiger partial charge < -0.3 is 14.8 Å². The first-order chi connectivity index (χ1) is 13.2. The molecule has 0 aliphatic carbocycles. The number of benzene rings is 2. The van der Waals surface area contributed by atoms with Gasteiger partial charge in [-0.2, -0.15) is 4.57 Å². The molecule has 5 nitrogen and oxygen atoms in total. The third-order valence-electron chi connectivity index (χ3n) is 4.57. The second kappa shape index (κ2) is 7.50. The van der Waals surface area contributed by atoms with E-state index < -0.39 is 0 Å². The standard InChI is InChI=1S/C22H20N2O3/c1-16(24-11-5-8-18(15-24)17-6-3-2-4-7-17)22(25)23-19-9-10-20-21(14-19)27-13-12-26-20/h2-11,14-16H,12-13H2,1H3/p+1/t16-/m1/s1. The molecule has 136 valence electrons. The highest BCUT2D eigenvalue weighted by Crippen LogP contribution is 2.32. The van der Waals surface area contributed by atoms with Crippen molar-refractivity contribution in [3.63, 3.8) is 0 Å². The van der Waals surface area contributed by atoms with Crippen LogP contribution in [-0.2, 0) is 4.79 Å². The van der Waals surface area contributed by atoms with Crippen molar-refractivity contribution in [1.29, 1.82) is 0 Å². The Morgan fingerprint density at radius 2 is 1.70 bits per heavy atom. The highest BCUT2D eigenvalue weighted by molar-refractivity contribution is 5.92. The molecule has 27 heavy (non-hydrogen) atoms. The van der Waals surface area contributed by atoms with E-state index in [0.717, 1.165) is 11.1 Å². The van der Waals surface area contributed by atoms with Gasteiger partial charge in [-0.15, -0.1) is 0 Å². The maximum atomic E-state index is 12.7. The second-order valence-electron chi connectivity index (χ2n) is 6.43. The summed E-state index contributed by atoms with van der Waals surface area (Å²) in [6.45, 7) is 2.94. The van der Waals surface area contributed by atoms with E-state index in [0.29, 0.717) is 30.4 Å². The molecule has 0 unspecified atom stereocenters. The molecule has 1 aliphatic rings. The van der Waals surface area contributed by atoms with Gasteiger partial charge in [0, 0.05) is 30.3 Å². The molecule has 3 aromatic rings. The van der Waals surface area contributed by atoms with E-state index in [9.17, 15) is 4.79 Å². The van der Waals surface area contributed by atoms with E-state index >= 15 is 0 Å². The molecule has 0 saturated heterocycles. The molecule has 1 aromatic heterocycles. The lowest BCUT2D eigenvalue weighted by atomic mass is 10.1. The van der Waals surface area contributed by atoms with Gasteiger partial charge in [0.1, 0.15) is 13.2 Å². The van der Waals surface area contributed by atoms with E-state index in [-0.39, 0.29) is 11.9 Å². The predicted molar refractivity (Wildman–Crippen MR) is 103 cm³/mol. The van der Waals surface area contributed by atoms with E-state index in [2.05, 4.69) is 17.4 Å². The zero-order valence-corrected chi connectivity index (χ0v) is 15.1.